The number of nitriles is 1. The first kappa shape index (κ1) is 11.3. The largest absolute Gasteiger partial charge is 0.359 e. The summed E-state index contributed by atoms with van der Waals surface area (Å²) in [5, 5.41) is 11.2. The summed E-state index contributed by atoms with van der Waals surface area (Å²) in [6.07, 6.45) is 2.40. The highest BCUT2D eigenvalue weighted by atomic mass is 16.5. The van der Waals surface area contributed by atoms with Crippen LogP contribution in [0.2, 0.25) is 0 Å². The molecule has 1 aliphatic carbocycles. The van der Waals surface area contributed by atoms with Crippen LogP contribution in [-0.4, -0.2) is 31.1 Å². The van der Waals surface area contributed by atoms with Gasteiger partial charge in [0.15, 0.2) is 5.78 Å². The summed E-state index contributed by atoms with van der Waals surface area (Å²) in [5.74, 6) is -0.0604. The lowest BCUT2D eigenvalue weighted by Crippen LogP contribution is -2.92. The SMILES string of the molecule is CC1(C)CC2(C=C(C#N)C1=O)C[NH2+]CCO2. The minimum atomic E-state index is -0.495. The first-order chi connectivity index (χ1) is 7.49. The van der Waals surface area contributed by atoms with Crippen molar-refractivity contribution >= 4 is 5.78 Å². The van der Waals surface area contributed by atoms with Crippen LogP contribution < -0.4 is 5.32 Å². The molecule has 0 bridgehead atoms. The molecule has 1 fully saturated rings. The van der Waals surface area contributed by atoms with Gasteiger partial charge in [-0.25, -0.2) is 0 Å². The number of ether oxygens (including phenoxy) is 1. The summed E-state index contributed by atoms with van der Waals surface area (Å²) in [6.45, 7) is 6.21. The van der Waals surface area contributed by atoms with Gasteiger partial charge in [-0.1, -0.05) is 13.8 Å². The number of nitrogens with two attached hydrogens (primary N) is 1. The first-order valence-corrected chi connectivity index (χ1v) is 5.63. The Morgan fingerprint density at radius 3 is 2.88 bits per heavy atom. The summed E-state index contributed by atoms with van der Waals surface area (Å²) in [4.78, 5) is 11.9. The molecule has 2 aliphatic rings. The number of quaternary nitrogens is 1. The van der Waals surface area contributed by atoms with Crippen molar-refractivity contribution in [2.24, 2.45) is 5.41 Å². The maximum Gasteiger partial charge on any atom is 0.178 e. The van der Waals surface area contributed by atoms with Crippen LogP contribution in [0.15, 0.2) is 11.6 Å². The standard InChI is InChI=1S/C12H16N2O2/c1-11(2)7-12(8-14-3-4-16-12)5-9(6-13)10(11)15/h5,14H,3-4,7-8H2,1-2H3/p+1. The van der Waals surface area contributed by atoms with Gasteiger partial charge in [0, 0.05) is 5.41 Å². The number of hydrogen-bond donors (Lipinski definition) is 1. The Kier molecular flexibility index (Phi) is 2.61. The molecule has 4 nitrogen and oxygen atoms in total. The Morgan fingerprint density at radius 2 is 2.31 bits per heavy atom. The van der Waals surface area contributed by atoms with E-state index in [4.69, 9.17) is 10.00 Å². The highest BCUT2D eigenvalue weighted by molar-refractivity contribution is 6.03. The van der Waals surface area contributed by atoms with E-state index < -0.39 is 11.0 Å². The molecule has 0 aromatic rings. The number of carbonyl (C=O) groups is 1. The van der Waals surface area contributed by atoms with Crippen molar-refractivity contribution in [1.29, 1.82) is 5.26 Å². The maximum atomic E-state index is 11.9. The molecule has 1 unspecified atom stereocenters. The van der Waals surface area contributed by atoms with Gasteiger partial charge in [0.2, 0.25) is 0 Å². The number of allylic oxidation sites excluding steroid dienone is 1. The molecular formula is C12H17N2O2+. The van der Waals surface area contributed by atoms with Crippen LogP contribution >= 0.6 is 0 Å². The molecule has 0 aromatic carbocycles. The van der Waals surface area contributed by atoms with Crippen molar-refractivity contribution in [2.75, 3.05) is 19.7 Å². The molecule has 0 aromatic heterocycles. The molecule has 1 saturated heterocycles. The molecule has 1 atom stereocenters. The maximum absolute atomic E-state index is 11.9. The van der Waals surface area contributed by atoms with Crippen LogP contribution in [-0.2, 0) is 9.53 Å². The zero-order chi connectivity index (χ0) is 11.8. The predicted octanol–water partition coefficient (Wildman–Crippen LogP) is -0.232. The first-order valence-electron chi connectivity index (χ1n) is 5.63. The van der Waals surface area contributed by atoms with Crippen LogP contribution in [0.3, 0.4) is 0 Å². The van der Waals surface area contributed by atoms with Crippen molar-refractivity contribution in [3.63, 3.8) is 0 Å². The highest BCUT2D eigenvalue weighted by Crippen LogP contribution is 2.39. The van der Waals surface area contributed by atoms with Gasteiger partial charge in [-0.05, 0) is 12.5 Å². The molecular weight excluding hydrogens is 204 g/mol. The number of carbonyl (C=O) groups excluding carboxylic acids is 1. The third-order valence-electron chi connectivity index (χ3n) is 3.33. The van der Waals surface area contributed by atoms with E-state index in [9.17, 15) is 4.79 Å². The van der Waals surface area contributed by atoms with Crippen LogP contribution in [0.4, 0.5) is 0 Å². The fourth-order valence-corrected chi connectivity index (χ4v) is 2.63. The smallest absolute Gasteiger partial charge is 0.178 e. The van der Waals surface area contributed by atoms with Gasteiger partial charge < -0.3 is 10.1 Å². The van der Waals surface area contributed by atoms with Gasteiger partial charge in [-0.3, -0.25) is 4.79 Å². The van der Waals surface area contributed by atoms with Gasteiger partial charge in [0.1, 0.15) is 18.2 Å². The Bertz CT molecular complexity index is 384. The van der Waals surface area contributed by atoms with Crippen molar-refractivity contribution in [3.8, 4) is 6.07 Å². The Morgan fingerprint density at radius 1 is 1.56 bits per heavy atom. The number of hydrogen-bond acceptors (Lipinski definition) is 3. The molecule has 1 spiro atoms. The van der Waals surface area contributed by atoms with E-state index in [0.717, 1.165) is 13.1 Å². The Balaban J connectivity index is 2.39. The lowest BCUT2D eigenvalue weighted by molar-refractivity contribution is -0.683. The lowest BCUT2D eigenvalue weighted by Gasteiger charge is -2.41. The van der Waals surface area contributed by atoms with E-state index in [2.05, 4.69) is 5.32 Å². The fraction of sp³-hybridized carbons (Fsp3) is 0.667. The normalized spacial score (nSPS) is 33.3. The summed E-state index contributed by atoms with van der Waals surface area (Å²) in [7, 11) is 0. The summed E-state index contributed by atoms with van der Waals surface area (Å²) in [5.41, 5.74) is -0.655. The van der Waals surface area contributed by atoms with Gasteiger partial charge in [0.25, 0.3) is 0 Å². The molecule has 0 amide bonds. The Hall–Kier alpha value is -1.18. The zero-order valence-electron chi connectivity index (χ0n) is 9.75. The van der Waals surface area contributed by atoms with Crippen LogP contribution in [0.25, 0.3) is 0 Å². The second-order valence-corrected chi connectivity index (χ2v) is 5.25. The van der Waals surface area contributed by atoms with Gasteiger partial charge in [0.05, 0.1) is 18.7 Å². The van der Waals surface area contributed by atoms with Gasteiger partial charge in [-0.15, -0.1) is 0 Å². The summed E-state index contributed by atoms with van der Waals surface area (Å²) >= 11 is 0. The van der Waals surface area contributed by atoms with Crippen molar-refractivity contribution in [2.45, 2.75) is 25.9 Å². The number of morpholine rings is 1. The third kappa shape index (κ3) is 1.77. The minimum Gasteiger partial charge on any atom is -0.359 e. The molecule has 86 valence electrons. The summed E-state index contributed by atoms with van der Waals surface area (Å²) in [6, 6.07) is 2.00. The van der Waals surface area contributed by atoms with E-state index >= 15 is 0 Å². The van der Waals surface area contributed by atoms with E-state index in [0.29, 0.717) is 13.0 Å². The number of nitrogens with zero attached hydrogens (tertiary/aromatic N) is 1. The molecule has 16 heavy (non-hydrogen) atoms. The second kappa shape index (κ2) is 3.69. The highest BCUT2D eigenvalue weighted by Gasteiger charge is 2.47. The Labute approximate surface area is 95.3 Å². The molecule has 4 heteroatoms. The van der Waals surface area contributed by atoms with Gasteiger partial charge in [-0.2, -0.15) is 5.26 Å². The van der Waals surface area contributed by atoms with Crippen LogP contribution in [0.1, 0.15) is 20.3 Å². The molecule has 0 radical (unpaired) electrons. The third-order valence-corrected chi connectivity index (χ3v) is 3.33. The second-order valence-electron chi connectivity index (χ2n) is 5.25. The zero-order valence-corrected chi connectivity index (χ0v) is 9.75. The number of rotatable bonds is 0. The number of ketones is 1. The monoisotopic (exact) mass is 221 g/mol. The van der Waals surface area contributed by atoms with E-state index in [-0.39, 0.29) is 11.4 Å². The molecule has 0 saturated carbocycles. The lowest BCUT2D eigenvalue weighted by atomic mass is 9.69. The average molecular weight is 221 g/mol. The minimum absolute atomic E-state index is 0.0604. The molecule has 2 rings (SSSR count). The van der Waals surface area contributed by atoms with E-state index in [1.165, 1.54) is 0 Å². The van der Waals surface area contributed by atoms with Crippen molar-refractivity contribution < 1.29 is 14.8 Å². The van der Waals surface area contributed by atoms with Crippen molar-refractivity contribution in [3.05, 3.63) is 11.6 Å². The van der Waals surface area contributed by atoms with Crippen molar-refractivity contribution in [1.82, 2.24) is 0 Å². The van der Waals surface area contributed by atoms with Crippen LogP contribution in [0.5, 0.6) is 0 Å². The van der Waals surface area contributed by atoms with Crippen LogP contribution in [0, 0.1) is 16.7 Å². The fourth-order valence-electron chi connectivity index (χ4n) is 2.63. The van der Waals surface area contributed by atoms with E-state index in [1.54, 1.807) is 6.08 Å². The molecule has 1 aliphatic heterocycles. The topological polar surface area (TPSA) is 66.7 Å². The average Bonchev–Trinajstić information content (AvgIpc) is 2.24. The molecule has 2 N–H and O–H groups in total. The number of Topliss-reactive ketones (excluding diaryl/α,β-unsaturated/α-hetero) is 1. The molecule has 1 heterocycles. The predicted molar refractivity (Wildman–Crippen MR) is 57.4 cm³/mol. The summed E-state index contributed by atoms with van der Waals surface area (Å²) < 4.78 is 5.81. The van der Waals surface area contributed by atoms with E-state index in [1.807, 2.05) is 19.9 Å². The quantitative estimate of drug-likeness (QED) is 0.614. The van der Waals surface area contributed by atoms with Gasteiger partial charge >= 0.3 is 0 Å².